The standard InChI is InChI=1S/C8H14O4.2C2H6.2H3O3PS/c1-3-11-7(9)5-6-8(10)12-4-2;2*1-2;2*1-4(2,3)5/h3-6H2,1-2H3;2*1-2H3;2*(H3,1,2,3,5). The predicted molar refractivity (Wildman–Crippen MR) is 107 cm³/mol. The van der Waals surface area contributed by atoms with Gasteiger partial charge >= 0.3 is 25.4 Å². The van der Waals surface area contributed by atoms with Gasteiger partial charge in [-0.2, -0.15) is 0 Å². The summed E-state index contributed by atoms with van der Waals surface area (Å²) in [5.74, 6) is -0.712. The number of hydrogen-bond acceptors (Lipinski definition) is 6. The molecule has 0 amide bonds. The van der Waals surface area contributed by atoms with Gasteiger partial charge in [-0.25, -0.2) is 0 Å². The topological polar surface area (TPSA) is 174 Å². The number of ether oxygens (including phenoxy) is 2. The third-order valence-electron chi connectivity index (χ3n) is 1.14. The molecule has 0 heterocycles. The van der Waals surface area contributed by atoms with Crippen molar-refractivity contribution in [3.8, 4) is 0 Å². The molecule has 162 valence electrons. The Kier molecular flexibility index (Phi) is 35.4. The van der Waals surface area contributed by atoms with E-state index in [1.165, 1.54) is 0 Å². The molecule has 0 bridgehead atoms. The van der Waals surface area contributed by atoms with Crippen molar-refractivity contribution in [3.05, 3.63) is 0 Å². The van der Waals surface area contributed by atoms with Gasteiger partial charge in [-0.1, -0.05) is 27.7 Å². The fraction of sp³-hybridized carbons (Fsp3) is 0.833. The first kappa shape index (κ1) is 36.8. The Bertz CT molecular complexity index is 354. The molecule has 0 saturated heterocycles. The second kappa shape index (κ2) is 25.0. The van der Waals surface area contributed by atoms with E-state index in [1.54, 1.807) is 13.8 Å². The Morgan fingerprint density at radius 1 is 0.692 bits per heavy atom. The van der Waals surface area contributed by atoms with Crippen molar-refractivity contribution in [2.45, 2.75) is 54.4 Å². The molecule has 0 fully saturated rings. The van der Waals surface area contributed by atoms with Crippen molar-refractivity contribution < 1.29 is 48.4 Å². The lowest BCUT2D eigenvalue weighted by molar-refractivity contribution is -0.149. The zero-order valence-corrected chi connectivity index (χ0v) is 19.3. The number of carbonyl (C=O) groups is 2. The van der Waals surface area contributed by atoms with E-state index in [2.05, 4.69) is 33.1 Å². The van der Waals surface area contributed by atoms with E-state index < -0.39 is 13.4 Å². The Balaban J connectivity index is -0.0000000875. The molecule has 0 rings (SSSR count). The molecule has 0 aliphatic carbocycles. The summed E-state index contributed by atoms with van der Waals surface area (Å²) >= 11 is 7.21. The summed E-state index contributed by atoms with van der Waals surface area (Å²) in [6.07, 6.45) is 0.208. The predicted octanol–water partition coefficient (Wildman–Crippen LogP) is 1.32. The Hall–Kier alpha value is -0.000000000000000305. The van der Waals surface area contributed by atoms with Gasteiger partial charge in [0.1, 0.15) is 0 Å². The lowest BCUT2D eigenvalue weighted by atomic mass is 10.3. The highest BCUT2D eigenvalue weighted by Gasteiger charge is 2.07. The average Bonchev–Trinajstić information content (AvgIpc) is 2.47. The minimum Gasteiger partial charge on any atom is -0.466 e. The smallest absolute Gasteiger partial charge is 0.319 e. The van der Waals surface area contributed by atoms with Crippen LogP contribution < -0.4 is 0 Å². The van der Waals surface area contributed by atoms with Gasteiger partial charge in [0, 0.05) is 0 Å². The van der Waals surface area contributed by atoms with Crippen LogP contribution in [0.25, 0.3) is 0 Å². The largest absolute Gasteiger partial charge is 0.466 e. The molecule has 0 aliphatic heterocycles. The molecule has 0 aromatic carbocycles. The van der Waals surface area contributed by atoms with Crippen molar-refractivity contribution in [2.24, 2.45) is 0 Å². The zero-order chi connectivity index (χ0) is 22.4. The summed E-state index contributed by atoms with van der Waals surface area (Å²) in [5, 5.41) is 0. The number of hydrogen-bond donors (Lipinski definition) is 6. The highest BCUT2D eigenvalue weighted by atomic mass is 32.5. The van der Waals surface area contributed by atoms with Gasteiger partial charge in [-0.05, 0) is 37.5 Å². The number of carbonyl (C=O) groups excluding carboxylic acids is 2. The molecular weight excluding hydrogens is 430 g/mol. The summed E-state index contributed by atoms with van der Waals surface area (Å²) in [4.78, 5) is 66.8. The van der Waals surface area contributed by atoms with Crippen molar-refractivity contribution in [1.82, 2.24) is 0 Å². The molecule has 0 spiro atoms. The van der Waals surface area contributed by atoms with E-state index in [0.29, 0.717) is 13.2 Å². The third-order valence-corrected chi connectivity index (χ3v) is 1.14. The molecule has 6 N–H and O–H groups in total. The Morgan fingerprint density at radius 3 is 0.962 bits per heavy atom. The van der Waals surface area contributed by atoms with Crippen LogP contribution in [0.1, 0.15) is 54.4 Å². The molecule has 0 saturated carbocycles. The monoisotopic (exact) mass is 462 g/mol. The fourth-order valence-electron chi connectivity index (χ4n) is 0.670. The van der Waals surface area contributed by atoms with Crippen LogP contribution in [0.15, 0.2) is 0 Å². The van der Waals surface area contributed by atoms with Crippen LogP contribution in [0.3, 0.4) is 0 Å². The molecule has 0 unspecified atom stereocenters. The van der Waals surface area contributed by atoms with Gasteiger partial charge in [0.05, 0.1) is 26.1 Å². The van der Waals surface area contributed by atoms with Gasteiger partial charge in [-0.15, -0.1) is 0 Å². The molecule has 26 heavy (non-hydrogen) atoms. The van der Waals surface area contributed by atoms with Crippen LogP contribution in [0, 0.1) is 0 Å². The van der Waals surface area contributed by atoms with Crippen LogP contribution in [0.2, 0.25) is 0 Å². The molecule has 10 nitrogen and oxygen atoms in total. The van der Waals surface area contributed by atoms with E-state index in [0.717, 1.165) is 0 Å². The van der Waals surface area contributed by atoms with Crippen LogP contribution in [-0.4, -0.2) is 54.5 Å². The average molecular weight is 462 g/mol. The zero-order valence-electron chi connectivity index (χ0n) is 15.9. The van der Waals surface area contributed by atoms with Gasteiger partial charge < -0.3 is 38.8 Å². The van der Waals surface area contributed by atoms with Crippen molar-refractivity contribution in [1.29, 1.82) is 0 Å². The molecule has 0 aliphatic rings. The van der Waals surface area contributed by atoms with Gasteiger partial charge in [0.25, 0.3) is 0 Å². The maximum Gasteiger partial charge on any atom is 0.319 e. The van der Waals surface area contributed by atoms with Gasteiger partial charge in [0.15, 0.2) is 0 Å². The maximum absolute atomic E-state index is 10.7. The first-order valence-electron chi connectivity index (χ1n) is 7.58. The van der Waals surface area contributed by atoms with Gasteiger partial charge in [0.2, 0.25) is 0 Å². The van der Waals surface area contributed by atoms with E-state index in [9.17, 15) is 9.59 Å². The van der Waals surface area contributed by atoms with E-state index in [4.69, 9.17) is 29.4 Å². The van der Waals surface area contributed by atoms with Crippen molar-refractivity contribution in [3.63, 3.8) is 0 Å². The first-order chi connectivity index (χ1) is 11.7. The second-order valence-electron chi connectivity index (χ2n) is 3.14. The van der Waals surface area contributed by atoms with Crippen LogP contribution in [-0.2, 0) is 42.7 Å². The van der Waals surface area contributed by atoms with Crippen LogP contribution >= 0.6 is 13.4 Å². The Morgan fingerprint density at radius 2 is 0.846 bits per heavy atom. The number of rotatable bonds is 5. The van der Waals surface area contributed by atoms with Gasteiger partial charge in [-0.3, -0.25) is 9.59 Å². The minimum atomic E-state index is -3.81. The second-order valence-corrected chi connectivity index (χ2v) is 8.13. The molecule has 0 atom stereocenters. The molecule has 0 aromatic rings. The van der Waals surface area contributed by atoms with E-state index in [-0.39, 0.29) is 24.8 Å². The van der Waals surface area contributed by atoms with E-state index in [1.807, 2.05) is 27.7 Å². The highest BCUT2D eigenvalue weighted by Crippen LogP contribution is 2.26. The SMILES string of the molecule is CC.CC.CCOC(=O)CCC(=O)OCC.OP(O)(O)=S.OP(O)(O)=S. The van der Waals surface area contributed by atoms with Crippen molar-refractivity contribution in [2.75, 3.05) is 13.2 Å². The van der Waals surface area contributed by atoms with Crippen LogP contribution in [0.5, 0.6) is 0 Å². The highest BCUT2D eigenvalue weighted by molar-refractivity contribution is 8.06. The molecule has 0 radical (unpaired) electrons. The molecular formula is C12H32O10P2S2. The lowest BCUT2D eigenvalue weighted by Crippen LogP contribution is -2.09. The normalized spacial score (nSPS) is 9.23. The quantitative estimate of drug-likeness (QED) is 0.256. The molecule has 0 aromatic heterocycles. The third kappa shape index (κ3) is 105. The first-order valence-corrected chi connectivity index (χ1v) is 12.9. The number of esters is 2. The fourth-order valence-corrected chi connectivity index (χ4v) is 0.670. The summed E-state index contributed by atoms with van der Waals surface area (Å²) < 4.78 is 9.25. The Labute approximate surface area is 165 Å². The summed E-state index contributed by atoms with van der Waals surface area (Å²) in [7, 11) is 0. The maximum atomic E-state index is 10.7. The minimum absolute atomic E-state index is 0.104. The summed E-state index contributed by atoms with van der Waals surface area (Å²) in [6, 6.07) is 0. The molecule has 14 heteroatoms. The van der Waals surface area contributed by atoms with Crippen LogP contribution in [0.4, 0.5) is 0 Å². The van der Waals surface area contributed by atoms with E-state index >= 15 is 0 Å². The summed E-state index contributed by atoms with van der Waals surface area (Å²) in [6.45, 7) is 4.54. The lowest BCUT2D eigenvalue weighted by Gasteiger charge is -2.01. The van der Waals surface area contributed by atoms with Crippen molar-refractivity contribution >= 4 is 49.0 Å². The summed E-state index contributed by atoms with van der Waals surface area (Å²) in [5.41, 5.74) is 0.